The number of fused-ring (bicyclic) bond motifs is 2. The lowest BCUT2D eigenvalue weighted by molar-refractivity contribution is -0.125. The Bertz CT molecular complexity index is 1370. The van der Waals surface area contributed by atoms with E-state index < -0.39 is 0 Å². The second-order valence-electron chi connectivity index (χ2n) is 10.7. The molecule has 0 bridgehead atoms. The Hall–Kier alpha value is -3.65. The van der Waals surface area contributed by atoms with Gasteiger partial charge in [-0.2, -0.15) is 0 Å². The molecule has 1 aromatic carbocycles. The topological polar surface area (TPSA) is 111 Å². The number of aryl methyl sites for hydroxylation is 2. The van der Waals surface area contributed by atoms with E-state index in [9.17, 15) is 9.59 Å². The average molecular weight is 517 g/mol. The highest BCUT2D eigenvalue weighted by Crippen LogP contribution is 2.35. The van der Waals surface area contributed by atoms with E-state index in [1.54, 1.807) is 30.3 Å². The standard InChI is InChI=1S/C30H36N4O4/c1-18-7-9-21-15-20(16-32-29(21)33-30(18)36)8-14-27(35)34(3)17-26-19(2)28-24(5-4-6-25(28)38-26)37-23-12-10-22(31)11-13-23/h4-6,8,14-16,18,22-23H,7,9-13,17,31H2,1-3H3,(H,32,33,36)/b14-8+/t18-,22?,23?/m0/s1. The summed E-state index contributed by atoms with van der Waals surface area (Å²) in [6.07, 6.45) is 10.5. The smallest absolute Gasteiger partial charge is 0.246 e. The predicted octanol–water partition coefficient (Wildman–Crippen LogP) is 4.98. The van der Waals surface area contributed by atoms with Crippen LogP contribution in [0.25, 0.3) is 17.0 Å². The minimum absolute atomic E-state index is 0.00497. The third kappa shape index (κ3) is 5.60. The van der Waals surface area contributed by atoms with Crippen molar-refractivity contribution < 1.29 is 18.7 Å². The van der Waals surface area contributed by atoms with Gasteiger partial charge in [0.05, 0.1) is 18.0 Å². The van der Waals surface area contributed by atoms with Crippen LogP contribution in [0.4, 0.5) is 5.82 Å². The molecule has 0 unspecified atom stereocenters. The largest absolute Gasteiger partial charge is 0.490 e. The van der Waals surface area contributed by atoms with E-state index in [0.717, 1.165) is 77.7 Å². The normalized spacial score (nSPS) is 21.7. The number of aromatic nitrogens is 1. The molecule has 200 valence electrons. The van der Waals surface area contributed by atoms with E-state index in [0.29, 0.717) is 12.4 Å². The summed E-state index contributed by atoms with van der Waals surface area (Å²) in [5.41, 5.74) is 9.60. The maximum atomic E-state index is 12.9. The average Bonchev–Trinajstić information content (AvgIpc) is 3.15. The molecule has 2 aliphatic rings. The number of hydrogen-bond donors (Lipinski definition) is 2. The molecule has 2 amide bonds. The molecule has 1 fully saturated rings. The quantitative estimate of drug-likeness (QED) is 0.447. The van der Waals surface area contributed by atoms with E-state index in [1.807, 2.05) is 38.1 Å². The number of pyridine rings is 1. The monoisotopic (exact) mass is 516 g/mol. The van der Waals surface area contributed by atoms with Crippen LogP contribution in [0.5, 0.6) is 5.75 Å². The van der Waals surface area contributed by atoms with Crippen molar-refractivity contribution in [1.29, 1.82) is 0 Å². The molecule has 3 heterocycles. The first-order chi connectivity index (χ1) is 18.3. The summed E-state index contributed by atoms with van der Waals surface area (Å²) in [6, 6.07) is 8.12. The first-order valence-corrected chi connectivity index (χ1v) is 13.4. The van der Waals surface area contributed by atoms with Crippen molar-refractivity contribution >= 4 is 34.7 Å². The fraction of sp³-hybridized carbons (Fsp3) is 0.433. The zero-order valence-corrected chi connectivity index (χ0v) is 22.3. The molecule has 1 atom stereocenters. The summed E-state index contributed by atoms with van der Waals surface area (Å²) in [7, 11) is 1.76. The lowest BCUT2D eigenvalue weighted by Gasteiger charge is -2.27. The van der Waals surface area contributed by atoms with Gasteiger partial charge in [0.2, 0.25) is 11.8 Å². The summed E-state index contributed by atoms with van der Waals surface area (Å²) in [6.45, 7) is 4.27. The van der Waals surface area contributed by atoms with Crippen molar-refractivity contribution in [3.63, 3.8) is 0 Å². The number of hydrogen-bond acceptors (Lipinski definition) is 6. The lowest BCUT2D eigenvalue weighted by Crippen LogP contribution is -2.31. The van der Waals surface area contributed by atoms with Crippen LogP contribution in [0, 0.1) is 12.8 Å². The molecule has 3 N–H and O–H groups in total. The van der Waals surface area contributed by atoms with E-state index >= 15 is 0 Å². The molecule has 8 nitrogen and oxygen atoms in total. The fourth-order valence-corrected chi connectivity index (χ4v) is 5.20. The van der Waals surface area contributed by atoms with Crippen LogP contribution in [0.3, 0.4) is 0 Å². The molecule has 2 aromatic heterocycles. The molecule has 5 rings (SSSR count). The number of likely N-dealkylation sites (N-methyl/N-ethyl adjacent to an activating group) is 1. The maximum Gasteiger partial charge on any atom is 0.246 e. The number of nitrogens with two attached hydrogens (primary N) is 1. The number of carbonyl (C=O) groups is 2. The Kier molecular flexibility index (Phi) is 7.51. The molecule has 3 aromatic rings. The van der Waals surface area contributed by atoms with Crippen LogP contribution in [0.2, 0.25) is 0 Å². The zero-order valence-electron chi connectivity index (χ0n) is 22.3. The third-order valence-corrected chi connectivity index (χ3v) is 7.73. The first-order valence-electron chi connectivity index (χ1n) is 13.4. The van der Waals surface area contributed by atoms with Gasteiger partial charge >= 0.3 is 0 Å². The number of nitrogens with one attached hydrogen (secondary N) is 1. The highest BCUT2D eigenvalue weighted by molar-refractivity contribution is 5.94. The molecule has 0 radical (unpaired) electrons. The second-order valence-corrected chi connectivity index (χ2v) is 10.7. The van der Waals surface area contributed by atoms with Crippen molar-refractivity contribution in [2.45, 2.75) is 71.1 Å². The van der Waals surface area contributed by atoms with Crippen LogP contribution in [-0.4, -0.2) is 40.9 Å². The Morgan fingerprint density at radius 3 is 2.84 bits per heavy atom. The SMILES string of the molecule is Cc1c(CN(C)C(=O)/C=C/c2cnc3c(c2)CC[C@H](C)C(=O)N3)oc2cccc(OC3CCC(N)CC3)c12. The molecule has 1 aliphatic heterocycles. The number of nitrogens with zero attached hydrogens (tertiary/aromatic N) is 2. The fourth-order valence-electron chi connectivity index (χ4n) is 5.20. The molecule has 0 spiro atoms. The Morgan fingerprint density at radius 2 is 2.05 bits per heavy atom. The summed E-state index contributed by atoms with van der Waals surface area (Å²) in [5.74, 6) is 1.98. The Morgan fingerprint density at radius 1 is 1.26 bits per heavy atom. The van der Waals surface area contributed by atoms with Gasteiger partial charge in [0, 0.05) is 36.8 Å². The van der Waals surface area contributed by atoms with Crippen LogP contribution >= 0.6 is 0 Å². The van der Waals surface area contributed by atoms with Gasteiger partial charge in [0.15, 0.2) is 0 Å². The van der Waals surface area contributed by atoms with Crippen molar-refractivity contribution in [2.75, 3.05) is 12.4 Å². The summed E-state index contributed by atoms with van der Waals surface area (Å²) >= 11 is 0. The number of anilines is 1. The van der Waals surface area contributed by atoms with E-state index in [-0.39, 0.29) is 29.9 Å². The predicted molar refractivity (Wildman–Crippen MR) is 148 cm³/mol. The van der Waals surface area contributed by atoms with E-state index in [2.05, 4.69) is 10.3 Å². The molecular formula is C30H36N4O4. The van der Waals surface area contributed by atoms with Crippen LogP contribution in [0.15, 0.2) is 41.0 Å². The summed E-state index contributed by atoms with van der Waals surface area (Å²) in [4.78, 5) is 31.0. The number of carbonyl (C=O) groups excluding carboxylic acids is 2. The van der Waals surface area contributed by atoms with E-state index in [4.69, 9.17) is 14.9 Å². The molecule has 38 heavy (non-hydrogen) atoms. The number of amides is 2. The number of furan rings is 1. The van der Waals surface area contributed by atoms with Gasteiger partial charge in [-0.05, 0) is 80.9 Å². The van der Waals surface area contributed by atoms with Crippen molar-refractivity contribution in [3.05, 3.63) is 59.0 Å². The van der Waals surface area contributed by atoms with Gasteiger partial charge < -0.3 is 25.1 Å². The highest BCUT2D eigenvalue weighted by Gasteiger charge is 2.23. The highest BCUT2D eigenvalue weighted by atomic mass is 16.5. The number of rotatable bonds is 6. The Balaban J connectivity index is 1.26. The summed E-state index contributed by atoms with van der Waals surface area (Å²) < 4.78 is 12.5. The van der Waals surface area contributed by atoms with Crippen molar-refractivity contribution in [2.24, 2.45) is 11.7 Å². The molecule has 0 saturated heterocycles. The summed E-state index contributed by atoms with van der Waals surface area (Å²) in [5, 5.41) is 3.84. The molecular weight excluding hydrogens is 480 g/mol. The van der Waals surface area contributed by atoms with Gasteiger partial charge in [0.1, 0.15) is 22.9 Å². The number of benzene rings is 1. The van der Waals surface area contributed by atoms with Crippen LogP contribution < -0.4 is 15.8 Å². The van der Waals surface area contributed by atoms with Gasteiger partial charge in [-0.1, -0.05) is 13.0 Å². The number of ether oxygens (including phenoxy) is 1. The van der Waals surface area contributed by atoms with Gasteiger partial charge in [-0.25, -0.2) is 4.98 Å². The maximum absolute atomic E-state index is 12.9. The van der Waals surface area contributed by atoms with E-state index in [1.165, 1.54) is 0 Å². The van der Waals surface area contributed by atoms with Crippen LogP contribution in [0.1, 0.15) is 61.5 Å². The minimum atomic E-state index is -0.142. The Labute approximate surface area is 223 Å². The third-order valence-electron chi connectivity index (χ3n) is 7.73. The van der Waals surface area contributed by atoms with Gasteiger partial charge in [-0.15, -0.1) is 0 Å². The first kappa shape index (κ1) is 26.0. The van der Waals surface area contributed by atoms with Crippen LogP contribution in [-0.2, 0) is 22.6 Å². The molecule has 8 heteroatoms. The van der Waals surface area contributed by atoms with Crippen molar-refractivity contribution in [3.8, 4) is 5.75 Å². The molecule has 1 aliphatic carbocycles. The lowest BCUT2D eigenvalue weighted by atomic mass is 9.93. The van der Waals surface area contributed by atoms with Gasteiger partial charge in [-0.3, -0.25) is 9.59 Å². The zero-order chi connectivity index (χ0) is 26.8. The molecule has 1 saturated carbocycles. The second kappa shape index (κ2) is 11.0. The minimum Gasteiger partial charge on any atom is -0.490 e. The van der Waals surface area contributed by atoms with Crippen molar-refractivity contribution in [1.82, 2.24) is 9.88 Å². The van der Waals surface area contributed by atoms with Gasteiger partial charge in [0.25, 0.3) is 0 Å².